The fraction of sp³-hybridized carbons (Fsp3) is 0.471. The minimum atomic E-state index is -1.15. The van der Waals surface area contributed by atoms with Gasteiger partial charge in [-0.2, -0.15) is 0 Å². The fourth-order valence-electron chi connectivity index (χ4n) is 5.29. The average molecular weight is 676 g/mol. The molecule has 12 heteroatoms. The number of carbonyl (C=O) groups is 4. The standard InChI is InChI=1S/C34H40Cl2N2O8/c1-18(2)13-27-34(43)44-26(20(4)30-31(46-30)22-9-6-5-7-10-22)11-8-12-28(39)38-25(32(41)37-17-19(3)33(42)45-27)16-21-14-23(35)29(40)24(36)15-21/h5-10,12,14-15,18-20,25-27,30-31,40H,11,13,16-17H2,1-4H3,(H,37,41)(H,38,39)/t19-,20+,25-,26+,27+,30-,31-/m1/s1. The molecule has 2 aromatic rings. The average Bonchev–Trinajstić information content (AvgIpc) is 3.81. The van der Waals surface area contributed by atoms with Crippen LogP contribution in [0.4, 0.5) is 0 Å². The van der Waals surface area contributed by atoms with E-state index in [1.165, 1.54) is 18.2 Å². The summed E-state index contributed by atoms with van der Waals surface area (Å²) < 4.78 is 17.6. The zero-order valence-electron chi connectivity index (χ0n) is 26.2. The number of amides is 2. The Kier molecular flexibility index (Phi) is 12.1. The third kappa shape index (κ3) is 9.47. The molecule has 2 aliphatic rings. The first-order chi connectivity index (χ1) is 21.8. The topological polar surface area (TPSA) is 144 Å². The van der Waals surface area contributed by atoms with Crippen molar-refractivity contribution in [1.29, 1.82) is 0 Å². The third-order valence-corrected chi connectivity index (χ3v) is 8.58. The molecule has 1 fully saturated rings. The molecular weight excluding hydrogens is 635 g/mol. The van der Waals surface area contributed by atoms with Crippen LogP contribution in [0.3, 0.4) is 0 Å². The van der Waals surface area contributed by atoms with Crippen LogP contribution in [0, 0.1) is 17.8 Å². The summed E-state index contributed by atoms with van der Waals surface area (Å²) in [7, 11) is 0. The molecule has 0 spiro atoms. The molecule has 2 amide bonds. The molecule has 248 valence electrons. The predicted molar refractivity (Wildman–Crippen MR) is 172 cm³/mol. The quantitative estimate of drug-likeness (QED) is 0.272. The minimum absolute atomic E-state index is 0.00138. The summed E-state index contributed by atoms with van der Waals surface area (Å²) in [6.07, 6.45) is 1.03. The van der Waals surface area contributed by atoms with Gasteiger partial charge >= 0.3 is 11.9 Å². The number of halogens is 2. The van der Waals surface area contributed by atoms with E-state index < -0.39 is 47.9 Å². The minimum Gasteiger partial charge on any atom is -0.505 e. The highest BCUT2D eigenvalue weighted by molar-refractivity contribution is 6.37. The van der Waals surface area contributed by atoms with Crippen LogP contribution >= 0.6 is 23.2 Å². The van der Waals surface area contributed by atoms with Crippen molar-refractivity contribution in [1.82, 2.24) is 10.6 Å². The van der Waals surface area contributed by atoms with Gasteiger partial charge in [-0.25, -0.2) is 4.79 Å². The Bertz CT molecular complexity index is 1430. The largest absolute Gasteiger partial charge is 0.505 e. The number of nitrogens with one attached hydrogen (secondary N) is 2. The lowest BCUT2D eigenvalue weighted by molar-refractivity contribution is -0.176. The number of rotatable bonds is 7. The molecule has 2 aliphatic heterocycles. The number of epoxide rings is 1. The van der Waals surface area contributed by atoms with Gasteiger partial charge in [-0.05, 0) is 41.7 Å². The van der Waals surface area contributed by atoms with E-state index in [2.05, 4.69) is 10.6 Å². The van der Waals surface area contributed by atoms with Gasteiger partial charge in [0.25, 0.3) is 0 Å². The zero-order valence-corrected chi connectivity index (χ0v) is 27.7. The summed E-state index contributed by atoms with van der Waals surface area (Å²) in [6, 6.07) is 11.6. The van der Waals surface area contributed by atoms with Crippen LogP contribution in [-0.4, -0.2) is 59.8 Å². The number of aromatic hydroxyl groups is 1. The van der Waals surface area contributed by atoms with Crippen molar-refractivity contribution in [2.75, 3.05) is 6.54 Å². The van der Waals surface area contributed by atoms with Crippen molar-refractivity contribution >= 4 is 47.0 Å². The van der Waals surface area contributed by atoms with E-state index in [0.717, 1.165) is 5.56 Å². The van der Waals surface area contributed by atoms with E-state index in [9.17, 15) is 24.3 Å². The molecule has 0 bridgehead atoms. The van der Waals surface area contributed by atoms with Gasteiger partial charge in [0.1, 0.15) is 18.2 Å². The first-order valence-electron chi connectivity index (χ1n) is 15.4. The van der Waals surface area contributed by atoms with Gasteiger partial charge in [-0.3, -0.25) is 14.4 Å². The van der Waals surface area contributed by atoms with Crippen LogP contribution < -0.4 is 10.6 Å². The fourth-order valence-corrected chi connectivity index (χ4v) is 5.82. The zero-order chi connectivity index (χ0) is 33.5. The van der Waals surface area contributed by atoms with Gasteiger partial charge in [-0.1, -0.05) is 87.3 Å². The number of hydrogen-bond acceptors (Lipinski definition) is 8. The van der Waals surface area contributed by atoms with E-state index >= 15 is 0 Å². The second-order valence-corrected chi connectivity index (χ2v) is 13.1. The first kappa shape index (κ1) is 35.3. The number of benzene rings is 2. The molecule has 2 aromatic carbocycles. The summed E-state index contributed by atoms with van der Waals surface area (Å²) in [5.74, 6) is -3.82. The molecule has 7 atom stereocenters. The summed E-state index contributed by atoms with van der Waals surface area (Å²) in [6.45, 7) is 7.18. The van der Waals surface area contributed by atoms with Crippen LogP contribution in [0.15, 0.2) is 54.6 Å². The lowest BCUT2D eigenvalue weighted by Crippen LogP contribution is -2.49. The number of ether oxygens (including phenoxy) is 3. The Morgan fingerprint density at radius 2 is 1.65 bits per heavy atom. The van der Waals surface area contributed by atoms with Crippen molar-refractivity contribution < 1.29 is 38.5 Å². The highest BCUT2D eigenvalue weighted by atomic mass is 35.5. The van der Waals surface area contributed by atoms with Crippen molar-refractivity contribution in [2.24, 2.45) is 17.8 Å². The normalized spacial score (nSPS) is 26.9. The maximum absolute atomic E-state index is 13.5. The van der Waals surface area contributed by atoms with Crippen LogP contribution in [-0.2, 0) is 39.8 Å². The Morgan fingerprint density at radius 1 is 0.978 bits per heavy atom. The molecule has 0 radical (unpaired) electrons. The van der Waals surface area contributed by atoms with Gasteiger partial charge < -0.3 is 30.0 Å². The van der Waals surface area contributed by atoms with Gasteiger partial charge in [0.2, 0.25) is 11.8 Å². The van der Waals surface area contributed by atoms with Gasteiger partial charge in [0.15, 0.2) is 11.9 Å². The van der Waals surface area contributed by atoms with Gasteiger partial charge in [-0.15, -0.1) is 0 Å². The number of hydrogen-bond donors (Lipinski definition) is 3. The van der Waals surface area contributed by atoms with Crippen molar-refractivity contribution in [3.8, 4) is 5.75 Å². The Hall–Kier alpha value is -3.60. The molecule has 2 heterocycles. The summed E-state index contributed by atoms with van der Waals surface area (Å²) >= 11 is 12.2. The lowest BCUT2D eigenvalue weighted by atomic mass is 9.93. The van der Waals surface area contributed by atoms with E-state index in [0.29, 0.717) is 5.56 Å². The smallest absolute Gasteiger partial charge is 0.347 e. The number of phenolic OH excluding ortho intramolecular Hbond substituents is 1. The Morgan fingerprint density at radius 3 is 2.30 bits per heavy atom. The molecule has 46 heavy (non-hydrogen) atoms. The van der Waals surface area contributed by atoms with Crippen molar-refractivity contribution in [3.63, 3.8) is 0 Å². The second kappa shape index (κ2) is 15.8. The van der Waals surface area contributed by atoms with Gasteiger partial charge in [0.05, 0.1) is 22.1 Å². The second-order valence-electron chi connectivity index (χ2n) is 12.3. The number of carbonyl (C=O) groups excluding carboxylic acids is 4. The molecule has 3 N–H and O–H groups in total. The van der Waals surface area contributed by atoms with Gasteiger partial charge in [0, 0.05) is 25.3 Å². The molecule has 0 saturated carbocycles. The third-order valence-electron chi connectivity index (χ3n) is 8.00. The van der Waals surface area contributed by atoms with E-state index in [-0.39, 0.29) is 65.6 Å². The summed E-state index contributed by atoms with van der Waals surface area (Å²) in [5.41, 5.74) is 1.50. The van der Waals surface area contributed by atoms with Crippen molar-refractivity contribution in [3.05, 3.63) is 75.8 Å². The molecule has 4 rings (SSSR count). The van der Waals surface area contributed by atoms with Crippen molar-refractivity contribution in [2.45, 2.75) is 77.4 Å². The van der Waals surface area contributed by atoms with Crippen LogP contribution in [0.2, 0.25) is 10.0 Å². The SMILES string of the molecule is CC(C)C[C@@H]1OC(=O)[C@H](C)CNC(=O)[C@@H](Cc2cc(Cl)c(O)c(Cl)c2)NC(=O)C=CC[C@@H]([C@H](C)[C@H]2O[C@@H]2c2ccccc2)OC1=O. The maximum atomic E-state index is 13.5. The van der Waals surface area contributed by atoms with Crippen LogP contribution in [0.5, 0.6) is 5.75 Å². The number of cyclic esters (lactones) is 2. The Balaban J connectivity index is 1.59. The Labute approximate surface area is 278 Å². The molecule has 1 saturated heterocycles. The lowest BCUT2D eigenvalue weighted by Gasteiger charge is -2.27. The maximum Gasteiger partial charge on any atom is 0.347 e. The number of phenols is 1. The highest BCUT2D eigenvalue weighted by Gasteiger charge is 2.47. The monoisotopic (exact) mass is 674 g/mol. The molecule has 0 aromatic heterocycles. The summed E-state index contributed by atoms with van der Waals surface area (Å²) in [4.78, 5) is 52.9. The predicted octanol–water partition coefficient (Wildman–Crippen LogP) is 5.08. The van der Waals surface area contributed by atoms with Crippen LogP contribution in [0.25, 0.3) is 0 Å². The first-order valence-corrected chi connectivity index (χ1v) is 16.1. The van der Waals surface area contributed by atoms with E-state index in [4.69, 9.17) is 37.4 Å². The van der Waals surface area contributed by atoms with E-state index in [1.54, 1.807) is 13.0 Å². The van der Waals surface area contributed by atoms with Crippen LogP contribution in [0.1, 0.15) is 57.8 Å². The highest BCUT2D eigenvalue weighted by Crippen LogP contribution is 2.45. The van der Waals surface area contributed by atoms with E-state index in [1.807, 2.05) is 51.1 Å². The molecular formula is C34H40Cl2N2O8. The number of esters is 2. The summed E-state index contributed by atoms with van der Waals surface area (Å²) in [5, 5.41) is 15.3. The molecule has 0 aliphatic carbocycles. The molecule has 10 nitrogen and oxygen atoms in total. The molecule has 0 unspecified atom stereocenters.